The molecular weight excluding hydrogens is 536 g/mol. The Morgan fingerprint density at radius 1 is 1.27 bits per heavy atom. The van der Waals surface area contributed by atoms with Crippen molar-refractivity contribution in [2.24, 2.45) is 5.92 Å². The number of amides is 1. The molecule has 0 aromatic heterocycles. The Kier molecular flexibility index (Phi) is 8.64. The van der Waals surface area contributed by atoms with Crippen LogP contribution < -0.4 is 15.4 Å². The van der Waals surface area contributed by atoms with Gasteiger partial charge in [0.1, 0.15) is 5.75 Å². The van der Waals surface area contributed by atoms with E-state index in [0.717, 1.165) is 44.5 Å². The summed E-state index contributed by atoms with van der Waals surface area (Å²) in [7, 11) is 3.93. The van der Waals surface area contributed by atoms with Gasteiger partial charge in [0.05, 0.1) is 38.4 Å². The number of ether oxygens (including phenoxy) is 2. The number of nitriles is 1. The summed E-state index contributed by atoms with van der Waals surface area (Å²) in [6.45, 7) is 7.57. The number of carbonyl (C=O) groups is 1. The first-order valence-corrected chi connectivity index (χ1v) is 16.0. The number of benzene rings is 1. The van der Waals surface area contributed by atoms with Gasteiger partial charge in [0.2, 0.25) is 5.91 Å². The van der Waals surface area contributed by atoms with Crippen LogP contribution in [0.4, 0.5) is 0 Å². The monoisotopic (exact) mass is 580 g/mol. The van der Waals surface area contributed by atoms with Crippen LogP contribution in [0.1, 0.15) is 44.1 Å². The van der Waals surface area contributed by atoms with Crippen molar-refractivity contribution in [1.82, 2.24) is 25.3 Å². The lowest BCUT2D eigenvalue weighted by Gasteiger charge is -2.55. The molecule has 9 nitrogen and oxygen atoms in total. The van der Waals surface area contributed by atoms with Crippen LogP contribution in [0, 0.1) is 17.2 Å². The summed E-state index contributed by atoms with van der Waals surface area (Å²) in [5.41, 5.74) is 1.43. The maximum Gasteiger partial charge on any atom is 0.246 e. The molecule has 2 N–H and O–H groups in total. The van der Waals surface area contributed by atoms with Gasteiger partial charge in [-0.05, 0) is 75.9 Å². The van der Waals surface area contributed by atoms with Crippen LogP contribution in [0.25, 0.3) is 0 Å². The van der Waals surface area contributed by atoms with E-state index in [9.17, 15) is 10.1 Å². The van der Waals surface area contributed by atoms with Gasteiger partial charge < -0.3 is 19.3 Å². The predicted octanol–water partition coefficient (Wildman–Crippen LogP) is 2.78. The highest BCUT2D eigenvalue weighted by atomic mass is 32.2. The van der Waals surface area contributed by atoms with Crippen molar-refractivity contribution >= 4 is 17.7 Å². The maximum atomic E-state index is 12.6. The van der Waals surface area contributed by atoms with Crippen molar-refractivity contribution < 1.29 is 14.3 Å². The fourth-order valence-corrected chi connectivity index (χ4v) is 9.45. The van der Waals surface area contributed by atoms with Crippen molar-refractivity contribution in [3.05, 3.63) is 36.4 Å². The number of rotatable bonds is 7. The molecule has 4 aliphatic heterocycles. The van der Waals surface area contributed by atoms with Crippen molar-refractivity contribution in [2.45, 2.75) is 85.2 Å². The lowest BCUT2D eigenvalue weighted by Crippen LogP contribution is -2.72. The lowest BCUT2D eigenvalue weighted by atomic mass is 9.73. The van der Waals surface area contributed by atoms with Gasteiger partial charge in [-0.25, -0.2) is 0 Å². The summed E-state index contributed by atoms with van der Waals surface area (Å²) in [5, 5.41) is 17.3. The van der Waals surface area contributed by atoms with Crippen LogP contribution in [0.2, 0.25) is 0 Å². The Bertz CT molecular complexity index is 1180. The van der Waals surface area contributed by atoms with Crippen LogP contribution >= 0.6 is 11.8 Å². The molecule has 1 aromatic rings. The van der Waals surface area contributed by atoms with E-state index in [-0.39, 0.29) is 29.2 Å². The Labute approximate surface area is 248 Å². The van der Waals surface area contributed by atoms with E-state index in [1.165, 1.54) is 29.4 Å². The van der Waals surface area contributed by atoms with E-state index in [1.807, 2.05) is 16.7 Å². The standard InChI is InChI=1S/C31H44N6O3S/c1-4-28(38)37-15-14-36(19-22(37)10-12-32)29-25-9-11-31(17-21-7-8-24(39-3)16-27(21)41-31)18-26(25)33-30(34-29)40-20-23-6-5-13-35(23)2/h4,7-8,16,22-23,25-26,29-30,33-34H,1,5-6,9-11,13-15,17-20H2,2-3H3/t22?,23?,25?,26?,29?,30?,31-/m1/s1. The summed E-state index contributed by atoms with van der Waals surface area (Å²) < 4.78 is 12.3. The van der Waals surface area contributed by atoms with E-state index in [1.54, 1.807) is 7.11 Å². The smallest absolute Gasteiger partial charge is 0.246 e. The molecule has 0 radical (unpaired) electrons. The first-order chi connectivity index (χ1) is 19.9. The van der Waals surface area contributed by atoms with E-state index < -0.39 is 0 Å². The number of likely N-dealkylation sites (tertiary alicyclic amines) is 1. The van der Waals surface area contributed by atoms with Crippen LogP contribution in [0.15, 0.2) is 35.7 Å². The Balaban J connectivity index is 1.20. The fourth-order valence-electron chi connectivity index (χ4n) is 7.83. The highest BCUT2D eigenvalue weighted by Gasteiger charge is 2.51. The molecule has 1 amide bonds. The maximum absolute atomic E-state index is 12.6. The molecule has 5 aliphatic rings. The molecule has 1 aliphatic carbocycles. The highest BCUT2D eigenvalue weighted by molar-refractivity contribution is 8.01. The number of hydrogen-bond donors (Lipinski definition) is 2. The van der Waals surface area contributed by atoms with Crippen LogP contribution in [-0.2, 0) is 16.0 Å². The van der Waals surface area contributed by atoms with E-state index in [2.05, 4.69) is 58.3 Å². The zero-order chi connectivity index (χ0) is 28.6. The minimum Gasteiger partial charge on any atom is -0.497 e. The average Bonchev–Trinajstić information content (AvgIpc) is 3.56. The second kappa shape index (κ2) is 12.2. The molecule has 1 saturated carbocycles. The van der Waals surface area contributed by atoms with E-state index >= 15 is 0 Å². The van der Waals surface area contributed by atoms with Gasteiger partial charge in [-0.1, -0.05) is 12.6 Å². The summed E-state index contributed by atoms with van der Waals surface area (Å²) in [4.78, 5) is 20.6. The predicted molar refractivity (Wildman–Crippen MR) is 159 cm³/mol. The van der Waals surface area contributed by atoms with Gasteiger partial charge in [0.25, 0.3) is 0 Å². The third kappa shape index (κ3) is 5.90. The summed E-state index contributed by atoms with van der Waals surface area (Å²) >= 11 is 2.04. The summed E-state index contributed by atoms with van der Waals surface area (Å²) in [6, 6.07) is 9.47. The number of likely N-dealkylation sites (N-methyl/N-ethyl adjacent to an activating group) is 1. The third-order valence-corrected chi connectivity index (χ3v) is 11.6. The van der Waals surface area contributed by atoms with Gasteiger partial charge in [0, 0.05) is 47.3 Å². The van der Waals surface area contributed by atoms with Gasteiger partial charge in [-0.2, -0.15) is 5.26 Å². The van der Waals surface area contributed by atoms with E-state index in [0.29, 0.717) is 44.1 Å². The van der Waals surface area contributed by atoms with Gasteiger partial charge in [0.15, 0.2) is 6.35 Å². The first-order valence-electron chi connectivity index (χ1n) is 15.2. The molecular formula is C31H44N6O3S. The van der Waals surface area contributed by atoms with Gasteiger partial charge >= 0.3 is 0 Å². The quantitative estimate of drug-likeness (QED) is 0.473. The van der Waals surface area contributed by atoms with Gasteiger partial charge in [-0.15, -0.1) is 11.8 Å². The topological polar surface area (TPSA) is 93.1 Å². The Morgan fingerprint density at radius 2 is 2.15 bits per heavy atom. The van der Waals surface area contributed by atoms with Gasteiger partial charge in [-0.3, -0.25) is 20.3 Å². The number of fused-ring (bicyclic) bond motifs is 2. The average molecular weight is 581 g/mol. The normalized spacial score (nSPS) is 35.6. The molecule has 222 valence electrons. The molecule has 6 unspecified atom stereocenters. The van der Waals surface area contributed by atoms with Crippen molar-refractivity contribution in [1.29, 1.82) is 5.26 Å². The SMILES string of the molecule is C=CC(=O)N1CCN(C2NC(OCC3CCCN3C)NC3C[C@@]4(CCC32)Cc2ccc(OC)cc2S4)CC1CC#N. The number of piperazine rings is 1. The molecule has 6 rings (SSSR count). The summed E-state index contributed by atoms with van der Waals surface area (Å²) in [5.74, 6) is 1.25. The second-order valence-corrected chi connectivity index (χ2v) is 14.0. The Hall–Kier alpha value is -2.13. The number of hydrogen-bond acceptors (Lipinski definition) is 9. The van der Waals surface area contributed by atoms with Crippen LogP contribution in [0.3, 0.4) is 0 Å². The molecule has 3 saturated heterocycles. The first kappa shape index (κ1) is 29.0. The number of carbonyl (C=O) groups excluding carboxylic acids is 1. The van der Waals surface area contributed by atoms with Crippen LogP contribution in [0.5, 0.6) is 5.75 Å². The minimum atomic E-state index is -0.235. The third-order valence-electron chi connectivity index (χ3n) is 10.1. The molecule has 4 heterocycles. The zero-order valence-electron chi connectivity index (χ0n) is 24.4. The van der Waals surface area contributed by atoms with Crippen molar-refractivity contribution in [3.63, 3.8) is 0 Å². The molecule has 1 spiro atoms. The van der Waals surface area contributed by atoms with E-state index in [4.69, 9.17) is 9.47 Å². The highest BCUT2D eigenvalue weighted by Crippen LogP contribution is 2.55. The lowest BCUT2D eigenvalue weighted by molar-refractivity contribution is -0.135. The number of thioether (sulfide) groups is 1. The Morgan fingerprint density at radius 3 is 2.90 bits per heavy atom. The number of methoxy groups -OCH3 is 1. The van der Waals surface area contributed by atoms with Crippen molar-refractivity contribution in [3.8, 4) is 11.8 Å². The molecule has 7 atom stereocenters. The van der Waals surface area contributed by atoms with Crippen LogP contribution in [-0.4, -0.2) is 103 Å². The zero-order valence-corrected chi connectivity index (χ0v) is 25.2. The molecule has 4 fully saturated rings. The number of nitrogens with zero attached hydrogens (tertiary/aromatic N) is 4. The largest absolute Gasteiger partial charge is 0.497 e. The summed E-state index contributed by atoms with van der Waals surface area (Å²) in [6.07, 6.45) is 8.42. The number of nitrogens with one attached hydrogen (secondary N) is 2. The fraction of sp³-hybridized carbons (Fsp3) is 0.677. The molecule has 0 bridgehead atoms. The second-order valence-electron chi connectivity index (χ2n) is 12.5. The van der Waals surface area contributed by atoms with Crippen molar-refractivity contribution in [2.75, 3.05) is 46.9 Å². The molecule has 10 heteroatoms. The minimum absolute atomic E-state index is 0.0861. The molecule has 1 aromatic carbocycles. The molecule has 41 heavy (non-hydrogen) atoms.